The zero-order chi connectivity index (χ0) is 8.32. The van der Waals surface area contributed by atoms with Crippen LogP contribution < -0.4 is 0 Å². The second-order valence-electron chi connectivity index (χ2n) is 2.16. The van der Waals surface area contributed by atoms with Crippen LogP contribution in [0, 0.1) is 0 Å². The molecule has 11 heavy (non-hydrogen) atoms. The average Bonchev–Trinajstić information content (AvgIpc) is 2.32. The zero-order valence-corrected chi connectivity index (χ0v) is 7.49. The molecule has 1 heterocycles. The monoisotopic (exact) mass is 195 g/mol. The summed E-state index contributed by atoms with van der Waals surface area (Å²) in [6.07, 6.45) is 0.351. The van der Waals surface area contributed by atoms with Crippen molar-refractivity contribution in [1.29, 1.82) is 0 Å². The predicted molar refractivity (Wildman–Crippen MR) is 45.8 cm³/mol. The van der Waals surface area contributed by atoms with E-state index in [0.29, 0.717) is 6.42 Å². The quantitative estimate of drug-likeness (QED) is 0.662. The van der Waals surface area contributed by atoms with E-state index in [0.717, 1.165) is 17.3 Å². The molecule has 0 atom stereocenters. The van der Waals surface area contributed by atoms with Gasteiger partial charge in [0.2, 0.25) is 0 Å². The Bertz CT molecular complexity index is 257. The van der Waals surface area contributed by atoms with Gasteiger partial charge in [-0.1, -0.05) is 0 Å². The number of nitrogens with zero attached hydrogens (tertiary/aromatic N) is 1. The van der Waals surface area contributed by atoms with Crippen molar-refractivity contribution < 1.29 is 13.0 Å². The molecule has 1 rings (SSSR count). The van der Waals surface area contributed by atoms with Gasteiger partial charge in [0.15, 0.2) is 0 Å². The maximum Gasteiger partial charge on any atom is 0.265 e. The van der Waals surface area contributed by atoms with Gasteiger partial charge in [-0.25, -0.2) is 0 Å². The largest absolute Gasteiger partial charge is 0.286 e. The van der Waals surface area contributed by atoms with Crippen molar-refractivity contribution in [2.24, 2.45) is 4.99 Å². The molecule has 6 heteroatoms. The van der Waals surface area contributed by atoms with Gasteiger partial charge in [-0.15, -0.1) is 11.8 Å². The Hall–Kier alpha value is -0.0700. The van der Waals surface area contributed by atoms with E-state index < -0.39 is 10.1 Å². The highest BCUT2D eigenvalue weighted by atomic mass is 32.2. The van der Waals surface area contributed by atoms with E-state index in [2.05, 4.69) is 4.99 Å². The highest BCUT2D eigenvalue weighted by molar-refractivity contribution is 8.14. The van der Waals surface area contributed by atoms with Crippen LogP contribution in [0.1, 0.15) is 6.42 Å². The van der Waals surface area contributed by atoms with Crippen LogP contribution in [0.5, 0.6) is 0 Å². The number of hydrogen-bond donors (Lipinski definition) is 1. The molecule has 0 amide bonds. The number of thioether (sulfide) groups is 1. The molecule has 1 aliphatic heterocycles. The van der Waals surface area contributed by atoms with Gasteiger partial charge in [-0.3, -0.25) is 9.55 Å². The van der Waals surface area contributed by atoms with Gasteiger partial charge >= 0.3 is 0 Å². The fourth-order valence-corrected chi connectivity index (χ4v) is 2.17. The Morgan fingerprint density at radius 3 is 2.82 bits per heavy atom. The van der Waals surface area contributed by atoms with Crippen LogP contribution in [-0.4, -0.2) is 36.1 Å². The normalized spacial score (nSPS) is 18.5. The van der Waals surface area contributed by atoms with Crippen LogP contribution in [0.4, 0.5) is 0 Å². The summed E-state index contributed by atoms with van der Waals surface area (Å²) in [5.74, 6) is 0.722. The maximum atomic E-state index is 10.3. The lowest BCUT2D eigenvalue weighted by Gasteiger charge is -1.95. The molecule has 0 aromatic rings. The molecule has 0 fully saturated rings. The summed E-state index contributed by atoms with van der Waals surface area (Å²) in [4.78, 5) is 4.04. The minimum absolute atomic E-state index is 0.209. The van der Waals surface area contributed by atoms with Gasteiger partial charge in [0, 0.05) is 18.7 Å². The summed E-state index contributed by atoms with van der Waals surface area (Å²) in [7, 11) is -3.81. The van der Waals surface area contributed by atoms with Crippen LogP contribution in [0.3, 0.4) is 0 Å². The van der Waals surface area contributed by atoms with Crippen LogP contribution >= 0.6 is 11.8 Å². The Morgan fingerprint density at radius 1 is 1.64 bits per heavy atom. The molecular weight excluding hydrogens is 186 g/mol. The molecule has 64 valence electrons. The first-order chi connectivity index (χ1) is 5.08. The Balaban J connectivity index is 2.33. The third-order valence-electron chi connectivity index (χ3n) is 1.22. The summed E-state index contributed by atoms with van der Waals surface area (Å²) in [5, 5.41) is 0.836. The van der Waals surface area contributed by atoms with Gasteiger partial charge in [0.05, 0.1) is 10.8 Å². The zero-order valence-electron chi connectivity index (χ0n) is 5.86. The van der Waals surface area contributed by atoms with Crippen molar-refractivity contribution in [3.05, 3.63) is 0 Å². The van der Waals surface area contributed by atoms with E-state index >= 15 is 0 Å². The van der Waals surface area contributed by atoms with Gasteiger partial charge in [-0.2, -0.15) is 8.42 Å². The van der Waals surface area contributed by atoms with Crippen molar-refractivity contribution in [2.45, 2.75) is 6.42 Å². The van der Waals surface area contributed by atoms with Gasteiger partial charge in [0.25, 0.3) is 10.1 Å². The summed E-state index contributed by atoms with van der Waals surface area (Å²) in [6.45, 7) is 0.769. The lowest BCUT2D eigenvalue weighted by Crippen LogP contribution is -2.06. The molecule has 0 spiro atoms. The molecule has 0 bridgehead atoms. The fourth-order valence-electron chi connectivity index (χ4n) is 0.747. The van der Waals surface area contributed by atoms with Crippen LogP contribution in [0.2, 0.25) is 0 Å². The molecular formula is C5H9NO3S2. The van der Waals surface area contributed by atoms with Crippen molar-refractivity contribution in [3.63, 3.8) is 0 Å². The molecule has 0 unspecified atom stereocenters. The predicted octanol–water partition coefficient (Wildman–Crippen LogP) is 0.410. The summed E-state index contributed by atoms with van der Waals surface area (Å²) in [5.41, 5.74) is 0. The lowest BCUT2D eigenvalue weighted by atomic mass is 10.5. The molecule has 1 aliphatic rings. The molecule has 0 radical (unpaired) electrons. The lowest BCUT2D eigenvalue weighted by molar-refractivity contribution is 0.483. The van der Waals surface area contributed by atoms with Gasteiger partial charge < -0.3 is 0 Å². The first kappa shape index (κ1) is 9.02. The summed E-state index contributed by atoms with van der Waals surface area (Å²) >= 11 is 1.56. The molecule has 0 saturated heterocycles. The minimum Gasteiger partial charge on any atom is -0.286 e. The van der Waals surface area contributed by atoms with Crippen LogP contribution in [-0.2, 0) is 10.1 Å². The summed E-state index contributed by atoms with van der Waals surface area (Å²) < 4.78 is 28.9. The third-order valence-corrected chi connectivity index (χ3v) is 3.00. The Labute approximate surface area is 69.8 Å². The first-order valence-electron chi connectivity index (χ1n) is 3.19. The molecule has 0 aliphatic carbocycles. The first-order valence-corrected chi connectivity index (χ1v) is 5.79. The van der Waals surface area contributed by atoms with E-state index in [1.807, 2.05) is 0 Å². The second kappa shape index (κ2) is 3.55. The molecule has 0 aromatic heterocycles. The van der Waals surface area contributed by atoms with Crippen LogP contribution in [0.15, 0.2) is 4.99 Å². The maximum absolute atomic E-state index is 10.3. The topological polar surface area (TPSA) is 66.7 Å². The van der Waals surface area contributed by atoms with E-state index in [4.69, 9.17) is 4.55 Å². The second-order valence-corrected chi connectivity index (χ2v) is 4.90. The molecule has 0 aromatic carbocycles. The van der Waals surface area contributed by atoms with Crippen molar-refractivity contribution in [3.8, 4) is 0 Å². The van der Waals surface area contributed by atoms with E-state index in [9.17, 15) is 8.42 Å². The Morgan fingerprint density at radius 2 is 2.36 bits per heavy atom. The average molecular weight is 195 g/mol. The van der Waals surface area contributed by atoms with E-state index in [-0.39, 0.29) is 5.75 Å². The number of hydrogen-bond acceptors (Lipinski definition) is 4. The fraction of sp³-hybridized carbons (Fsp3) is 0.800. The number of aliphatic imine (C=N–C) groups is 1. The minimum atomic E-state index is -3.81. The van der Waals surface area contributed by atoms with Gasteiger partial charge in [0.1, 0.15) is 0 Å². The van der Waals surface area contributed by atoms with Crippen molar-refractivity contribution in [1.82, 2.24) is 0 Å². The standard InChI is InChI=1S/C5H9NO3S2/c7-11(8,9)4-1-5-6-2-3-10-5/h1-4H2,(H,7,8,9). The van der Waals surface area contributed by atoms with E-state index in [1.165, 1.54) is 0 Å². The molecule has 0 saturated carbocycles. The summed E-state index contributed by atoms with van der Waals surface area (Å²) in [6, 6.07) is 0. The van der Waals surface area contributed by atoms with Crippen molar-refractivity contribution >= 4 is 26.9 Å². The Kier molecular flexibility index (Phi) is 2.91. The molecule has 4 nitrogen and oxygen atoms in total. The van der Waals surface area contributed by atoms with Gasteiger partial charge in [-0.05, 0) is 0 Å². The molecule has 1 N–H and O–H groups in total. The highest BCUT2D eigenvalue weighted by Gasteiger charge is 2.11. The number of rotatable bonds is 3. The highest BCUT2D eigenvalue weighted by Crippen LogP contribution is 2.14. The smallest absolute Gasteiger partial charge is 0.265 e. The SMILES string of the molecule is O=S(=O)(O)CCC1=NCCS1. The third kappa shape index (κ3) is 3.74. The van der Waals surface area contributed by atoms with E-state index in [1.54, 1.807) is 11.8 Å². The van der Waals surface area contributed by atoms with Crippen LogP contribution in [0.25, 0.3) is 0 Å². The van der Waals surface area contributed by atoms with Crippen molar-refractivity contribution in [2.75, 3.05) is 18.1 Å².